The van der Waals surface area contributed by atoms with Crippen LogP contribution in [-0.2, 0) is 17.6 Å². The molecule has 6 fully saturated rings. The zero-order valence-electron chi connectivity index (χ0n) is 39.2. The first-order chi connectivity index (χ1) is 29.9. The van der Waals surface area contributed by atoms with Crippen LogP contribution in [0.15, 0.2) is 71.8 Å². The topological polar surface area (TPSA) is 77.8 Å². The number of aryl methyl sites for hydroxylation is 2. The van der Waals surface area contributed by atoms with Gasteiger partial charge in [0, 0.05) is 12.3 Å². The van der Waals surface area contributed by atoms with Gasteiger partial charge in [0.2, 0.25) is 0 Å². The summed E-state index contributed by atoms with van der Waals surface area (Å²) in [5.74, 6) is 4.70. The Balaban J connectivity index is 0.000000160. The minimum Gasteiger partial charge on any atom is -0.393 e. The second-order valence-corrected chi connectivity index (χ2v) is 23.7. The number of ketones is 1. The summed E-state index contributed by atoms with van der Waals surface area (Å²) in [6.45, 7) is 11.9. The van der Waals surface area contributed by atoms with Crippen LogP contribution in [0.25, 0.3) is 0 Å². The van der Waals surface area contributed by atoms with Crippen molar-refractivity contribution in [3.8, 4) is 0 Å². The van der Waals surface area contributed by atoms with E-state index in [4.69, 9.17) is 0 Å². The zero-order valence-corrected chi connectivity index (χ0v) is 39.2. The van der Waals surface area contributed by atoms with E-state index < -0.39 is 5.60 Å². The molecule has 0 radical (unpaired) electrons. The van der Waals surface area contributed by atoms with Crippen molar-refractivity contribution in [2.24, 2.45) is 69.0 Å². The van der Waals surface area contributed by atoms with Gasteiger partial charge in [0.05, 0.1) is 17.8 Å². The molecule has 8 aliphatic carbocycles. The molecule has 0 amide bonds. The van der Waals surface area contributed by atoms with E-state index in [9.17, 15) is 28.9 Å². The fourth-order valence-corrected chi connectivity index (χ4v) is 17.1. The monoisotopic (exact) mass is 865 g/mol. The second-order valence-electron chi connectivity index (χ2n) is 23.7. The van der Waals surface area contributed by atoms with Crippen molar-refractivity contribution in [2.45, 2.75) is 181 Å². The van der Waals surface area contributed by atoms with Crippen LogP contribution in [-0.4, -0.2) is 38.9 Å². The lowest BCUT2D eigenvalue weighted by atomic mass is 9.46. The average molecular weight is 865 g/mol. The molecular formula is C57H78F2O4. The first-order valence-electron chi connectivity index (χ1n) is 25.4. The second kappa shape index (κ2) is 17.2. The Kier molecular flexibility index (Phi) is 12.4. The molecule has 0 saturated heterocycles. The number of Topliss-reactive ketones (excluding diaryl/α,β-unsaturated/α-hetero) is 1. The Hall–Kier alpha value is -2.67. The molecule has 10 rings (SSSR count). The van der Waals surface area contributed by atoms with Crippen molar-refractivity contribution >= 4 is 5.78 Å². The van der Waals surface area contributed by atoms with Crippen molar-refractivity contribution in [1.82, 2.24) is 0 Å². The van der Waals surface area contributed by atoms with Crippen molar-refractivity contribution < 1.29 is 28.9 Å². The predicted molar refractivity (Wildman–Crippen MR) is 247 cm³/mol. The molecule has 0 aliphatic heterocycles. The van der Waals surface area contributed by atoms with E-state index in [1.54, 1.807) is 12.1 Å². The minimum atomic E-state index is -0.695. The number of carbonyl (C=O) groups excluding carboxylic acids is 1. The van der Waals surface area contributed by atoms with Gasteiger partial charge in [-0.1, -0.05) is 75.3 Å². The van der Waals surface area contributed by atoms with E-state index in [1.807, 2.05) is 12.1 Å². The summed E-state index contributed by atoms with van der Waals surface area (Å²) in [6, 6.07) is 13.3. The van der Waals surface area contributed by atoms with Crippen molar-refractivity contribution in [1.29, 1.82) is 0 Å². The number of hydrogen-bond donors (Lipinski definition) is 3. The lowest BCUT2D eigenvalue weighted by Crippen LogP contribution is -2.53. The summed E-state index contributed by atoms with van der Waals surface area (Å²) < 4.78 is 26.4. The highest BCUT2D eigenvalue weighted by molar-refractivity contribution is 5.82. The fourth-order valence-electron chi connectivity index (χ4n) is 17.1. The maximum absolute atomic E-state index is 13.3. The molecule has 2 aromatic carbocycles. The van der Waals surface area contributed by atoms with Crippen LogP contribution in [0.2, 0.25) is 0 Å². The number of benzene rings is 2. The van der Waals surface area contributed by atoms with Gasteiger partial charge in [0.15, 0.2) is 0 Å². The largest absolute Gasteiger partial charge is 0.393 e. The van der Waals surface area contributed by atoms with Crippen LogP contribution >= 0.6 is 0 Å². The van der Waals surface area contributed by atoms with Crippen LogP contribution in [0.3, 0.4) is 0 Å². The molecule has 4 nitrogen and oxygen atoms in total. The van der Waals surface area contributed by atoms with Crippen molar-refractivity contribution in [3.05, 3.63) is 94.6 Å². The van der Waals surface area contributed by atoms with Gasteiger partial charge in [0.1, 0.15) is 17.4 Å². The van der Waals surface area contributed by atoms with Crippen LogP contribution in [0.5, 0.6) is 0 Å². The number of allylic oxidation sites excluding steroid dienone is 2. The number of carbonyl (C=O) groups is 1. The Bertz CT molecular complexity index is 2040. The van der Waals surface area contributed by atoms with Crippen LogP contribution in [0, 0.1) is 80.6 Å². The number of aliphatic hydroxyl groups excluding tert-OH is 2. The first kappa shape index (κ1) is 45.5. The van der Waals surface area contributed by atoms with Crippen LogP contribution in [0.1, 0.15) is 161 Å². The van der Waals surface area contributed by atoms with Crippen molar-refractivity contribution in [2.75, 3.05) is 0 Å². The van der Waals surface area contributed by atoms with Gasteiger partial charge in [-0.3, -0.25) is 4.79 Å². The number of hydrogen-bond acceptors (Lipinski definition) is 4. The Morgan fingerprint density at radius 3 is 1.63 bits per heavy atom. The molecule has 0 heterocycles. The highest BCUT2D eigenvalue weighted by Crippen LogP contribution is 2.69. The van der Waals surface area contributed by atoms with E-state index in [-0.39, 0.29) is 51.4 Å². The van der Waals surface area contributed by atoms with Gasteiger partial charge in [0.25, 0.3) is 0 Å². The standard InChI is InChI=1S/C29H41FO2.C28H37FO2/c1-27-15-13-22(31)18-20(27)6-9-23-24-10-11-26(28(24,2)16-14-25(23)27)29(3,32)17-12-19-4-7-21(30)8-5-19;1-27-15-13-21(30)17-19(27)6-9-22-23-10-11-25(28(23,2)16-14-24(22)27)26(31)12-5-18-3-7-20(29)8-4-18/h4-8,22-26,31-32H,9-18H2,1-3H3;3-4,6-8,21-25,30H,5,9-17H2,1-2H3/t22-,23-,24-,25-,26-,27-,28-,29+;21-,22-,23-,24-,25+,27-,28-/m00/s1. The van der Waals surface area contributed by atoms with Gasteiger partial charge < -0.3 is 15.3 Å². The molecule has 63 heavy (non-hydrogen) atoms. The Labute approximate surface area is 377 Å². The lowest BCUT2D eigenvalue weighted by molar-refractivity contribution is -0.129. The van der Waals surface area contributed by atoms with E-state index in [2.05, 4.69) is 46.8 Å². The van der Waals surface area contributed by atoms with Crippen LogP contribution < -0.4 is 0 Å². The maximum Gasteiger partial charge on any atom is 0.136 e. The molecule has 3 N–H and O–H groups in total. The molecule has 6 heteroatoms. The van der Waals surface area contributed by atoms with Gasteiger partial charge in [-0.05, 0) is 227 Å². The zero-order chi connectivity index (χ0) is 44.5. The van der Waals surface area contributed by atoms with Gasteiger partial charge in [-0.2, -0.15) is 0 Å². The lowest BCUT2D eigenvalue weighted by Gasteiger charge is -2.59. The third-order valence-corrected chi connectivity index (χ3v) is 20.7. The normalized spacial score (nSPS) is 42.3. The van der Waals surface area contributed by atoms with Crippen molar-refractivity contribution in [3.63, 3.8) is 0 Å². The average Bonchev–Trinajstić information content (AvgIpc) is 3.81. The summed E-state index contributed by atoms with van der Waals surface area (Å²) in [5.41, 5.74) is 5.37. The summed E-state index contributed by atoms with van der Waals surface area (Å²) in [6.07, 6.45) is 25.1. The summed E-state index contributed by atoms with van der Waals surface area (Å²) in [4.78, 5) is 13.3. The van der Waals surface area contributed by atoms with E-state index in [0.717, 1.165) is 113 Å². The molecule has 15 atom stereocenters. The highest BCUT2D eigenvalue weighted by atomic mass is 19.1. The summed E-state index contributed by atoms with van der Waals surface area (Å²) in [5, 5.41) is 32.1. The fraction of sp³-hybridized carbons (Fsp3) is 0.702. The molecular weight excluding hydrogens is 787 g/mol. The minimum absolute atomic E-state index is 0.136. The Morgan fingerprint density at radius 1 is 0.619 bits per heavy atom. The third kappa shape index (κ3) is 8.19. The molecule has 8 aliphatic rings. The van der Waals surface area contributed by atoms with Crippen LogP contribution in [0.4, 0.5) is 8.78 Å². The van der Waals surface area contributed by atoms with Gasteiger partial charge in [-0.15, -0.1) is 0 Å². The summed E-state index contributed by atoms with van der Waals surface area (Å²) >= 11 is 0. The molecule has 6 saturated carbocycles. The van der Waals surface area contributed by atoms with E-state index >= 15 is 0 Å². The van der Waals surface area contributed by atoms with E-state index in [0.29, 0.717) is 41.8 Å². The number of fused-ring (bicyclic) bond motifs is 10. The first-order valence-corrected chi connectivity index (χ1v) is 25.4. The number of halogens is 2. The number of rotatable bonds is 8. The smallest absolute Gasteiger partial charge is 0.136 e. The van der Waals surface area contributed by atoms with E-state index in [1.165, 1.54) is 67.5 Å². The molecule has 0 bridgehead atoms. The number of aliphatic hydroxyl groups is 3. The Morgan fingerprint density at radius 2 is 1.10 bits per heavy atom. The molecule has 0 unspecified atom stereocenters. The summed E-state index contributed by atoms with van der Waals surface area (Å²) in [7, 11) is 0. The predicted octanol–water partition coefficient (Wildman–Crippen LogP) is 12.7. The quantitative estimate of drug-likeness (QED) is 0.231. The SMILES string of the molecule is C[C@]12CC[C@H]3[C@@H](CC=C4C[C@@H](O)CC[C@@]43C)[C@@H]1CC[C@@H]2C(=O)CCc1ccc(F)cc1.C[C@]12CC[C@H]3[C@@H](CC=C4C[C@@H](O)CC[C@@]43C)[C@@H]1CC[C@@H]2[C@](C)(O)CCc1ccc(F)cc1. The maximum atomic E-state index is 13.3. The molecule has 0 spiro atoms. The molecule has 2 aromatic rings. The van der Waals surface area contributed by atoms with Gasteiger partial charge >= 0.3 is 0 Å². The third-order valence-electron chi connectivity index (χ3n) is 20.7. The molecule has 0 aromatic heterocycles. The van der Waals surface area contributed by atoms with Gasteiger partial charge in [-0.25, -0.2) is 8.78 Å². The molecule has 344 valence electrons. The highest BCUT2D eigenvalue weighted by Gasteiger charge is 2.62.